The number of halogens is 1. The number of rotatable bonds is 7. The molecule has 1 heterocycles. The summed E-state index contributed by atoms with van der Waals surface area (Å²) in [7, 11) is 0. The Morgan fingerprint density at radius 2 is 2.10 bits per heavy atom. The van der Waals surface area contributed by atoms with Crippen LogP contribution in [-0.2, 0) is 13.2 Å². The molecule has 0 saturated heterocycles. The van der Waals surface area contributed by atoms with Gasteiger partial charge in [0.2, 0.25) is 0 Å². The van der Waals surface area contributed by atoms with Crippen LogP contribution in [0, 0.1) is 9.49 Å². The summed E-state index contributed by atoms with van der Waals surface area (Å²) in [5.41, 5.74) is 2.15. The standard InChI is InChI=1S/C17H21IN2O/c1-13(2)9-19-10-14-6-7-16(20-11-14)12-21-17-5-3-4-15(18)8-17/h3-8,11,13,19H,9-10,12H2,1-2H3. The number of hydrogen-bond donors (Lipinski definition) is 1. The van der Waals surface area contributed by atoms with Crippen LogP contribution in [0.25, 0.3) is 0 Å². The number of nitrogens with one attached hydrogen (secondary N) is 1. The zero-order valence-corrected chi connectivity index (χ0v) is 14.6. The van der Waals surface area contributed by atoms with Gasteiger partial charge < -0.3 is 10.1 Å². The van der Waals surface area contributed by atoms with Gasteiger partial charge in [-0.05, 0) is 64.9 Å². The lowest BCUT2D eigenvalue weighted by molar-refractivity contribution is 0.301. The van der Waals surface area contributed by atoms with Crippen LogP contribution in [0.1, 0.15) is 25.1 Å². The van der Waals surface area contributed by atoms with Gasteiger partial charge >= 0.3 is 0 Å². The van der Waals surface area contributed by atoms with Gasteiger partial charge in [-0.2, -0.15) is 0 Å². The molecule has 0 amide bonds. The van der Waals surface area contributed by atoms with E-state index in [1.165, 1.54) is 9.13 Å². The first-order chi connectivity index (χ1) is 10.1. The van der Waals surface area contributed by atoms with Crippen LogP contribution in [0.2, 0.25) is 0 Å². The molecule has 1 aromatic heterocycles. The van der Waals surface area contributed by atoms with Gasteiger partial charge in [-0.25, -0.2) is 0 Å². The zero-order valence-electron chi connectivity index (χ0n) is 12.5. The molecule has 3 nitrogen and oxygen atoms in total. The third-order valence-corrected chi connectivity index (χ3v) is 3.62. The minimum Gasteiger partial charge on any atom is -0.487 e. The van der Waals surface area contributed by atoms with E-state index in [2.05, 4.69) is 52.8 Å². The van der Waals surface area contributed by atoms with E-state index < -0.39 is 0 Å². The lowest BCUT2D eigenvalue weighted by Crippen LogP contribution is -2.19. The Morgan fingerprint density at radius 1 is 1.24 bits per heavy atom. The van der Waals surface area contributed by atoms with E-state index in [0.29, 0.717) is 12.5 Å². The highest BCUT2D eigenvalue weighted by molar-refractivity contribution is 14.1. The quantitative estimate of drug-likeness (QED) is 0.719. The van der Waals surface area contributed by atoms with E-state index in [-0.39, 0.29) is 0 Å². The van der Waals surface area contributed by atoms with Crippen molar-refractivity contribution in [2.24, 2.45) is 5.92 Å². The SMILES string of the molecule is CC(C)CNCc1ccc(COc2cccc(I)c2)nc1. The van der Waals surface area contributed by atoms with Crippen LogP contribution < -0.4 is 10.1 Å². The monoisotopic (exact) mass is 396 g/mol. The summed E-state index contributed by atoms with van der Waals surface area (Å²) in [5, 5.41) is 3.41. The fourth-order valence-electron chi connectivity index (χ4n) is 1.86. The van der Waals surface area contributed by atoms with Crippen molar-refractivity contribution in [2.45, 2.75) is 27.0 Å². The number of aromatic nitrogens is 1. The Bertz CT molecular complexity index is 555. The second-order valence-electron chi connectivity index (χ2n) is 5.43. The largest absolute Gasteiger partial charge is 0.487 e. The van der Waals surface area contributed by atoms with E-state index >= 15 is 0 Å². The highest BCUT2D eigenvalue weighted by Crippen LogP contribution is 2.16. The minimum atomic E-state index is 0.500. The van der Waals surface area contributed by atoms with E-state index in [9.17, 15) is 0 Å². The molecule has 0 saturated carbocycles. The van der Waals surface area contributed by atoms with Crippen LogP contribution >= 0.6 is 22.6 Å². The number of benzene rings is 1. The summed E-state index contributed by atoms with van der Waals surface area (Å²) in [4.78, 5) is 4.45. The molecule has 2 aromatic rings. The van der Waals surface area contributed by atoms with Crippen molar-refractivity contribution in [3.8, 4) is 5.75 Å². The maximum absolute atomic E-state index is 5.74. The molecule has 21 heavy (non-hydrogen) atoms. The van der Waals surface area contributed by atoms with Crippen LogP contribution in [-0.4, -0.2) is 11.5 Å². The molecule has 0 aliphatic heterocycles. The topological polar surface area (TPSA) is 34.1 Å². The third-order valence-electron chi connectivity index (χ3n) is 2.95. The van der Waals surface area contributed by atoms with Gasteiger partial charge in [0, 0.05) is 16.3 Å². The number of ether oxygens (including phenoxy) is 1. The smallest absolute Gasteiger partial charge is 0.130 e. The van der Waals surface area contributed by atoms with Crippen molar-refractivity contribution in [1.29, 1.82) is 0 Å². The average molecular weight is 396 g/mol. The Hall–Kier alpha value is -1.14. The Labute approximate surface area is 140 Å². The van der Waals surface area contributed by atoms with Gasteiger partial charge in [0.05, 0.1) is 5.69 Å². The molecule has 0 fully saturated rings. The molecule has 0 radical (unpaired) electrons. The minimum absolute atomic E-state index is 0.500. The Kier molecular flexibility index (Phi) is 6.45. The lowest BCUT2D eigenvalue weighted by atomic mass is 10.2. The fourth-order valence-corrected chi connectivity index (χ4v) is 2.38. The molecule has 112 valence electrons. The van der Waals surface area contributed by atoms with Crippen molar-refractivity contribution in [3.63, 3.8) is 0 Å². The highest BCUT2D eigenvalue weighted by atomic mass is 127. The van der Waals surface area contributed by atoms with Crippen LogP contribution in [0.15, 0.2) is 42.6 Å². The molecule has 1 aromatic carbocycles. The Morgan fingerprint density at radius 3 is 2.76 bits per heavy atom. The molecule has 4 heteroatoms. The number of nitrogens with zero attached hydrogens (tertiary/aromatic N) is 1. The molecule has 0 atom stereocenters. The van der Waals surface area contributed by atoms with Crippen molar-refractivity contribution in [3.05, 3.63) is 57.4 Å². The van der Waals surface area contributed by atoms with E-state index in [1.807, 2.05) is 36.5 Å². The van der Waals surface area contributed by atoms with Crippen molar-refractivity contribution in [2.75, 3.05) is 6.54 Å². The first kappa shape index (κ1) is 16.2. The first-order valence-electron chi connectivity index (χ1n) is 7.16. The molecular weight excluding hydrogens is 375 g/mol. The predicted molar refractivity (Wildman–Crippen MR) is 94.3 cm³/mol. The highest BCUT2D eigenvalue weighted by Gasteiger charge is 2.00. The van der Waals surface area contributed by atoms with Gasteiger partial charge in [0.25, 0.3) is 0 Å². The number of pyridine rings is 1. The van der Waals surface area contributed by atoms with Crippen LogP contribution in [0.3, 0.4) is 0 Å². The van der Waals surface area contributed by atoms with Crippen molar-refractivity contribution < 1.29 is 4.74 Å². The van der Waals surface area contributed by atoms with Gasteiger partial charge in [-0.3, -0.25) is 4.98 Å². The van der Waals surface area contributed by atoms with E-state index in [4.69, 9.17) is 4.74 Å². The molecule has 1 N–H and O–H groups in total. The summed E-state index contributed by atoms with van der Waals surface area (Å²) in [6.45, 7) is 6.80. The zero-order chi connectivity index (χ0) is 15.1. The van der Waals surface area contributed by atoms with Crippen LogP contribution in [0.4, 0.5) is 0 Å². The summed E-state index contributed by atoms with van der Waals surface area (Å²) >= 11 is 2.28. The Balaban J connectivity index is 1.82. The normalized spacial score (nSPS) is 10.9. The number of hydrogen-bond acceptors (Lipinski definition) is 3. The summed E-state index contributed by atoms with van der Waals surface area (Å²) in [5.74, 6) is 1.55. The fraction of sp³-hybridized carbons (Fsp3) is 0.353. The molecule has 0 spiro atoms. The average Bonchev–Trinajstić information content (AvgIpc) is 2.46. The van der Waals surface area contributed by atoms with Crippen molar-refractivity contribution >= 4 is 22.6 Å². The summed E-state index contributed by atoms with van der Waals surface area (Å²) in [6, 6.07) is 12.2. The van der Waals surface area contributed by atoms with Gasteiger partial charge in [-0.15, -0.1) is 0 Å². The molecule has 2 rings (SSSR count). The van der Waals surface area contributed by atoms with Gasteiger partial charge in [-0.1, -0.05) is 26.0 Å². The first-order valence-corrected chi connectivity index (χ1v) is 8.24. The maximum atomic E-state index is 5.74. The second-order valence-corrected chi connectivity index (χ2v) is 6.67. The predicted octanol–water partition coefficient (Wildman–Crippen LogP) is 4.01. The lowest BCUT2D eigenvalue weighted by Gasteiger charge is -2.09. The maximum Gasteiger partial charge on any atom is 0.130 e. The molecule has 0 aliphatic rings. The molecular formula is C17H21IN2O. The van der Waals surface area contributed by atoms with Gasteiger partial charge in [0.15, 0.2) is 0 Å². The third kappa shape index (κ3) is 6.01. The second kappa shape index (κ2) is 8.34. The summed E-state index contributed by atoms with van der Waals surface area (Å²) < 4.78 is 6.91. The molecule has 0 aliphatic carbocycles. The van der Waals surface area contributed by atoms with E-state index in [0.717, 1.165) is 24.5 Å². The molecule has 0 bridgehead atoms. The molecule has 0 unspecified atom stereocenters. The van der Waals surface area contributed by atoms with Crippen LogP contribution in [0.5, 0.6) is 5.75 Å². The summed E-state index contributed by atoms with van der Waals surface area (Å²) in [6.07, 6.45) is 1.92. The van der Waals surface area contributed by atoms with E-state index in [1.54, 1.807) is 0 Å². The van der Waals surface area contributed by atoms with Crippen molar-refractivity contribution in [1.82, 2.24) is 10.3 Å². The van der Waals surface area contributed by atoms with Gasteiger partial charge in [0.1, 0.15) is 12.4 Å².